The highest BCUT2D eigenvalue weighted by molar-refractivity contribution is 5.94. The van der Waals surface area contributed by atoms with Crippen molar-refractivity contribution < 1.29 is 9.53 Å². The van der Waals surface area contributed by atoms with Gasteiger partial charge in [0.1, 0.15) is 0 Å². The molecule has 3 heterocycles. The highest BCUT2D eigenvalue weighted by Crippen LogP contribution is 2.33. The maximum absolute atomic E-state index is 13.0. The highest BCUT2D eigenvalue weighted by Gasteiger charge is 2.34. The van der Waals surface area contributed by atoms with Crippen LogP contribution in [0.15, 0.2) is 0 Å². The minimum atomic E-state index is -0.0286. The van der Waals surface area contributed by atoms with Gasteiger partial charge in [0, 0.05) is 38.0 Å². The fraction of sp³-hybridized carbons (Fsp3) is 0.722. The van der Waals surface area contributed by atoms with E-state index in [0.717, 1.165) is 50.2 Å². The monoisotopic (exact) mass is 330 g/mol. The van der Waals surface area contributed by atoms with E-state index in [-0.39, 0.29) is 18.1 Å². The van der Waals surface area contributed by atoms with Gasteiger partial charge in [-0.2, -0.15) is 10.4 Å². The molecule has 0 bridgehead atoms. The summed E-state index contributed by atoms with van der Waals surface area (Å²) >= 11 is 0. The maximum Gasteiger partial charge on any atom is 0.274 e. The minimum Gasteiger partial charge on any atom is -0.369 e. The van der Waals surface area contributed by atoms with Crippen molar-refractivity contribution in [1.29, 1.82) is 5.26 Å². The predicted octanol–water partition coefficient (Wildman–Crippen LogP) is 2.69. The number of piperidine rings is 1. The molecule has 0 spiro atoms. The summed E-state index contributed by atoms with van der Waals surface area (Å²) in [5, 5.41) is 13.4. The SMILES string of the molecule is CCn1nc(C(=O)N2CCC(CC#N)CC2)c2c1[C@H](C)O[C@H](C)C2. The van der Waals surface area contributed by atoms with Crippen LogP contribution in [0, 0.1) is 17.2 Å². The van der Waals surface area contributed by atoms with Crippen LogP contribution in [0.2, 0.25) is 0 Å². The number of hydrogen-bond acceptors (Lipinski definition) is 4. The summed E-state index contributed by atoms with van der Waals surface area (Å²) in [6, 6.07) is 2.24. The summed E-state index contributed by atoms with van der Waals surface area (Å²) < 4.78 is 7.84. The average Bonchev–Trinajstić information content (AvgIpc) is 2.94. The van der Waals surface area contributed by atoms with E-state index in [1.54, 1.807) is 0 Å². The molecular weight excluding hydrogens is 304 g/mol. The zero-order chi connectivity index (χ0) is 17.3. The van der Waals surface area contributed by atoms with Gasteiger partial charge in [0.05, 0.1) is 24.0 Å². The van der Waals surface area contributed by atoms with E-state index in [9.17, 15) is 4.79 Å². The molecule has 1 saturated heterocycles. The highest BCUT2D eigenvalue weighted by atomic mass is 16.5. The Morgan fingerprint density at radius 1 is 1.38 bits per heavy atom. The Morgan fingerprint density at radius 2 is 2.08 bits per heavy atom. The number of likely N-dealkylation sites (tertiary alicyclic amines) is 1. The molecule has 0 saturated carbocycles. The Labute approximate surface area is 143 Å². The second-order valence-corrected chi connectivity index (χ2v) is 6.92. The molecule has 6 nitrogen and oxygen atoms in total. The second-order valence-electron chi connectivity index (χ2n) is 6.92. The number of aryl methyl sites for hydroxylation is 1. The Kier molecular flexibility index (Phi) is 4.91. The predicted molar refractivity (Wildman–Crippen MR) is 89.4 cm³/mol. The third-order valence-corrected chi connectivity index (χ3v) is 5.19. The molecular formula is C18H26N4O2. The van der Waals surface area contributed by atoms with Gasteiger partial charge in [-0.15, -0.1) is 0 Å². The van der Waals surface area contributed by atoms with Crippen molar-refractivity contribution in [3.05, 3.63) is 17.0 Å². The van der Waals surface area contributed by atoms with Crippen molar-refractivity contribution in [3.8, 4) is 6.07 Å². The van der Waals surface area contributed by atoms with Crippen LogP contribution >= 0.6 is 0 Å². The molecule has 1 amide bonds. The fourth-order valence-corrected chi connectivity index (χ4v) is 3.95. The summed E-state index contributed by atoms with van der Waals surface area (Å²) in [5.41, 5.74) is 2.72. The summed E-state index contributed by atoms with van der Waals surface area (Å²) in [4.78, 5) is 14.9. The standard InChI is InChI=1S/C18H26N4O2/c1-4-22-17-13(3)24-12(2)11-15(17)16(20-22)18(23)21-9-6-14(5-8-19)7-10-21/h12-14H,4-7,9-11H2,1-3H3/t12-,13+/m1/s1. The number of hydrogen-bond donors (Lipinski definition) is 0. The number of amides is 1. The van der Waals surface area contributed by atoms with Crippen molar-refractivity contribution in [2.24, 2.45) is 5.92 Å². The molecule has 0 N–H and O–H groups in total. The second kappa shape index (κ2) is 6.94. The lowest BCUT2D eigenvalue weighted by molar-refractivity contribution is -0.00952. The Balaban J connectivity index is 1.82. The van der Waals surface area contributed by atoms with E-state index in [1.807, 2.05) is 30.4 Å². The minimum absolute atomic E-state index is 0.0286. The van der Waals surface area contributed by atoms with Gasteiger partial charge < -0.3 is 9.64 Å². The van der Waals surface area contributed by atoms with Gasteiger partial charge in [-0.25, -0.2) is 0 Å². The lowest BCUT2D eigenvalue weighted by Gasteiger charge is -2.31. The summed E-state index contributed by atoms with van der Waals surface area (Å²) in [6.07, 6.45) is 3.23. The number of ether oxygens (including phenoxy) is 1. The van der Waals surface area contributed by atoms with Crippen molar-refractivity contribution in [3.63, 3.8) is 0 Å². The normalized spacial score (nSPS) is 24.5. The average molecular weight is 330 g/mol. The number of nitrogens with zero attached hydrogens (tertiary/aromatic N) is 4. The van der Waals surface area contributed by atoms with Crippen molar-refractivity contribution in [1.82, 2.24) is 14.7 Å². The maximum atomic E-state index is 13.0. The van der Waals surface area contributed by atoms with Crippen LogP contribution in [0.4, 0.5) is 0 Å². The summed E-state index contributed by atoms with van der Waals surface area (Å²) in [5.74, 6) is 0.463. The third-order valence-electron chi connectivity index (χ3n) is 5.19. The number of carbonyl (C=O) groups excluding carboxylic acids is 1. The van der Waals surface area contributed by atoms with Crippen LogP contribution in [-0.4, -0.2) is 39.8 Å². The Bertz CT molecular complexity index is 653. The van der Waals surface area contributed by atoms with Gasteiger partial charge in [0.25, 0.3) is 5.91 Å². The van der Waals surface area contributed by atoms with Gasteiger partial charge in [0.2, 0.25) is 0 Å². The van der Waals surface area contributed by atoms with Crippen LogP contribution < -0.4 is 0 Å². The van der Waals surface area contributed by atoms with E-state index < -0.39 is 0 Å². The number of rotatable bonds is 3. The summed E-state index contributed by atoms with van der Waals surface area (Å²) in [7, 11) is 0. The zero-order valence-corrected chi connectivity index (χ0v) is 14.8. The van der Waals surface area contributed by atoms with Gasteiger partial charge in [0.15, 0.2) is 5.69 Å². The first-order chi connectivity index (χ1) is 11.5. The number of nitriles is 1. The molecule has 0 unspecified atom stereocenters. The van der Waals surface area contributed by atoms with E-state index in [0.29, 0.717) is 18.0 Å². The fourth-order valence-electron chi connectivity index (χ4n) is 3.95. The molecule has 130 valence electrons. The molecule has 1 aromatic heterocycles. The quantitative estimate of drug-likeness (QED) is 0.854. The molecule has 3 rings (SSSR count). The van der Waals surface area contributed by atoms with Gasteiger partial charge in [-0.05, 0) is 39.5 Å². The van der Waals surface area contributed by atoms with Crippen LogP contribution in [0.3, 0.4) is 0 Å². The molecule has 2 aliphatic heterocycles. The first-order valence-corrected chi connectivity index (χ1v) is 8.96. The molecule has 1 fully saturated rings. The van der Waals surface area contributed by atoms with E-state index in [1.165, 1.54) is 0 Å². The third kappa shape index (κ3) is 3.05. The zero-order valence-electron chi connectivity index (χ0n) is 14.8. The number of aromatic nitrogens is 2. The molecule has 0 aromatic carbocycles. The molecule has 24 heavy (non-hydrogen) atoms. The molecule has 1 aromatic rings. The largest absolute Gasteiger partial charge is 0.369 e. The Hall–Kier alpha value is -1.87. The van der Waals surface area contributed by atoms with Crippen LogP contribution in [-0.2, 0) is 17.7 Å². The van der Waals surface area contributed by atoms with Gasteiger partial charge in [-0.3, -0.25) is 9.48 Å². The topological polar surface area (TPSA) is 71.2 Å². The van der Waals surface area contributed by atoms with Gasteiger partial charge in [-0.1, -0.05) is 0 Å². The smallest absolute Gasteiger partial charge is 0.274 e. The van der Waals surface area contributed by atoms with E-state index in [2.05, 4.69) is 11.2 Å². The number of fused-ring (bicyclic) bond motifs is 1. The molecule has 0 radical (unpaired) electrons. The lowest BCUT2D eigenvalue weighted by Crippen LogP contribution is -2.39. The van der Waals surface area contributed by atoms with Gasteiger partial charge >= 0.3 is 0 Å². The van der Waals surface area contributed by atoms with Crippen molar-refractivity contribution >= 4 is 5.91 Å². The van der Waals surface area contributed by atoms with E-state index >= 15 is 0 Å². The Morgan fingerprint density at radius 3 is 2.71 bits per heavy atom. The number of carbonyl (C=O) groups is 1. The van der Waals surface area contributed by atoms with E-state index in [4.69, 9.17) is 10.00 Å². The van der Waals surface area contributed by atoms with Crippen LogP contribution in [0.1, 0.15) is 67.9 Å². The van der Waals surface area contributed by atoms with Crippen LogP contribution in [0.5, 0.6) is 0 Å². The first-order valence-electron chi connectivity index (χ1n) is 8.96. The first kappa shape index (κ1) is 17.0. The molecule has 0 aliphatic carbocycles. The molecule has 2 atom stereocenters. The molecule has 2 aliphatic rings. The molecule has 6 heteroatoms. The van der Waals surface area contributed by atoms with Crippen LogP contribution in [0.25, 0.3) is 0 Å². The lowest BCUT2D eigenvalue weighted by atomic mass is 9.93. The summed E-state index contributed by atoms with van der Waals surface area (Å²) in [6.45, 7) is 8.30. The van der Waals surface area contributed by atoms with Crippen molar-refractivity contribution in [2.45, 2.75) is 65.2 Å². The van der Waals surface area contributed by atoms with Crippen molar-refractivity contribution in [2.75, 3.05) is 13.1 Å².